The molecule has 5 rings (SSSR count). The van der Waals surface area contributed by atoms with Crippen molar-refractivity contribution in [1.29, 1.82) is 0 Å². The summed E-state index contributed by atoms with van der Waals surface area (Å²) in [6.07, 6.45) is 1.13. The molecule has 1 aliphatic heterocycles. The number of aromatic hydroxyl groups is 2. The van der Waals surface area contributed by atoms with Crippen LogP contribution in [0, 0.1) is 6.92 Å². The molecule has 39 heavy (non-hydrogen) atoms. The summed E-state index contributed by atoms with van der Waals surface area (Å²) in [5.41, 5.74) is -2.26. The monoisotopic (exact) mass is 531 g/mol. The lowest BCUT2D eigenvalue weighted by atomic mass is 9.70. The largest absolute Gasteiger partial charge is 0.507 e. The molecule has 1 atom stereocenters. The number of nitrogens with one attached hydrogen (secondary N) is 2. The van der Waals surface area contributed by atoms with Crippen molar-refractivity contribution in [2.75, 3.05) is 6.54 Å². The summed E-state index contributed by atoms with van der Waals surface area (Å²) in [6, 6.07) is 6.83. The average molecular weight is 532 g/mol. The van der Waals surface area contributed by atoms with E-state index in [-0.39, 0.29) is 52.6 Å². The number of hydrogen-bond donors (Lipinski definition) is 4. The molecule has 0 fully saturated rings. The van der Waals surface area contributed by atoms with Crippen LogP contribution in [-0.2, 0) is 21.5 Å². The van der Waals surface area contributed by atoms with Gasteiger partial charge >= 0.3 is 11.1 Å². The number of aromatic amines is 1. The highest BCUT2D eigenvalue weighted by Gasteiger charge is 2.56. The van der Waals surface area contributed by atoms with Gasteiger partial charge in [0, 0.05) is 30.4 Å². The van der Waals surface area contributed by atoms with E-state index >= 15 is 0 Å². The van der Waals surface area contributed by atoms with E-state index in [1.165, 1.54) is 32.3 Å². The number of phenolic OH excluding ortho intramolecular Hbond substituents is 2. The molecule has 0 amide bonds. The summed E-state index contributed by atoms with van der Waals surface area (Å²) in [7, 11) is 0. The highest BCUT2D eigenvalue weighted by atomic mass is 16.5. The fraction of sp³-hybridized carbons (Fsp3) is 0.250. The number of ether oxygens (including phenoxy) is 1. The zero-order chi connectivity index (χ0) is 28.4. The first kappa shape index (κ1) is 25.7. The molecule has 0 radical (unpaired) electrons. The summed E-state index contributed by atoms with van der Waals surface area (Å²) >= 11 is 0. The van der Waals surface area contributed by atoms with E-state index in [1.807, 2.05) is 0 Å². The molecule has 0 saturated carbocycles. The molecule has 2 aromatic carbocycles. The molecule has 200 valence electrons. The van der Waals surface area contributed by atoms with Gasteiger partial charge in [0.25, 0.3) is 0 Å². The first-order chi connectivity index (χ1) is 18.4. The van der Waals surface area contributed by atoms with Crippen molar-refractivity contribution in [3.8, 4) is 17.2 Å². The summed E-state index contributed by atoms with van der Waals surface area (Å²) in [4.78, 5) is 66.4. The van der Waals surface area contributed by atoms with Crippen molar-refractivity contribution in [3.63, 3.8) is 0 Å². The number of Topliss-reactive ketones (excluding diaryl/α,β-unsaturated/α-hetero) is 2. The zero-order valence-corrected chi connectivity index (χ0v) is 21.6. The summed E-state index contributed by atoms with van der Waals surface area (Å²) in [5.74, 6) is -2.94. The number of para-hydroxylation sites is 2. The number of allylic oxidation sites excluding steroid dienone is 4. The molecular formula is C28H25N3O8. The number of ketones is 3. The molecular weight excluding hydrogens is 506 g/mol. The number of aromatic nitrogens is 2. The van der Waals surface area contributed by atoms with Gasteiger partial charge in [-0.3, -0.25) is 24.0 Å². The smallest absolute Gasteiger partial charge is 0.316 e. The summed E-state index contributed by atoms with van der Waals surface area (Å²) < 4.78 is 7.07. The quantitative estimate of drug-likeness (QED) is 0.166. The number of carbonyl (C=O) groups excluding carboxylic acids is 3. The third kappa shape index (κ3) is 3.61. The Kier molecular flexibility index (Phi) is 5.82. The number of rotatable bonds is 5. The topological polar surface area (TPSA) is 168 Å². The van der Waals surface area contributed by atoms with Gasteiger partial charge in [0.2, 0.25) is 0 Å². The van der Waals surface area contributed by atoms with Crippen LogP contribution >= 0.6 is 0 Å². The average Bonchev–Trinajstić information content (AvgIpc) is 3.17. The van der Waals surface area contributed by atoms with Crippen molar-refractivity contribution < 1.29 is 29.3 Å². The van der Waals surface area contributed by atoms with Gasteiger partial charge in [0.05, 0.1) is 22.2 Å². The zero-order valence-electron chi connectivity index (χ0n) is 21.6. The van der Waals surface area contributed by atoms with E-state index in [9.17, 15) is 34.2 Å². The summed E-state index contributed by atoms with van der Waals surface area (Å²) in [6.45, 7) is 5.82. The van der Waals surface area contributed by atoms with Gasteiger partial charge in [0.1, 0.15) is 34.0 Å². The van der Waals surface area contributed by atoms with Crippen molar-refractivity contribution in [3.05, 3.63) is 84.8 Å². The third-order valence-corrected chi connectivity index (χ3v) is 7.37. The Labute approximate surface area is 221 Å². The van der Waals surface area contributed by atoms with Gasteiger partial charge in [-0.1, -0.05) is 12.1 Å². The maximum atomic E-state index is 13.9. The Hall–Kier alpha value is -4.93. The third-order valence-electron chi connectivity index (χ3n) is 7.37. The van der Waals surface area contributed by atoms with Crippen LogP contribution in [0.5, 0.6) is 17.2 Å². The van der Waals surface area contributed by atoms with Crippen LogP contribution in [0.15, 0.2) is 57.0 Å². The Morgan fingerprint density at radius 3 is 2.49 bits per heavy atom. The SMILES string of the molecule is CC(=O)c1c(O)c(C)c(O)c2c1OC1=CC(=O)/C(=C(/C)NCCn3c(=O)c(=O)[nH]c4ccccc43)C(=O)[C@]12C. The van der Waals surface area contributed by atoms with Crippen LogP contribution in [0.3, 0.4) is 0 Å². The second-order valence-corrected chi connectivity index (χ2v) is 9.74. The molecule has 1 aliphatic carbocycles. The van der Waals surface area contributed by atoms with E-state index in [2.05, 4.69) is 10.3 Å². The van der Waals surface area contributed by atoms with Crippen LogP contribution in [0.25, 0.3) is 11.0 Å². The van der Waals surface area contributed by atoms with Gasteiger partial charge in [-0.05, 0) is 39.8 Å². The highest BCUT2D eigenvalue weighted by Crippen LogP contribution is 2.57. The minimum absolute atomic E-state index is 0.00131. The van der Waals surface area contributed by atoms with Crippen LogP contribution in [0.2, 0.25) is 0 Å². The fourth-order valence-corrected chi connectivity index (χ4v) is 5.25. The molecule has 3 aromatic rings. The Morgan fingerprint density at radius 1 is 1.10 bits per heavy atom. The second kappa shape index (κ2) is 8.83. The molecule has 2 heterocycles. The van der Waals surface area contributed by atoms with Gasteiger partial charge in [-0.2, -0.15) is 0 Å². The van der Waals surface area contributed by atoms with Crippen molar-refractivity contribution in [1.82, 2.24) is 14.9 Å². The second-order valence-electron chi connectivity index (χ2n) is 9.74. The fourth-order valence-electron chi connectivity index (χ4n) is 5.25. The maximum absolute atomic E-state index is 13.9. The predicted octanol–water partition coefficient (Wildman–Crippen LogP) is 1.86. The number of fused-ring (bicyclic) bond motifs is 4. The van der Waals surface area contributed by atoms with Gasteiger partial charge in [-0.15, -0.1) is 0 Å². The molecule has 2 aliphatic rings. The molecule has 0 saturated heterocycles. The normalized spacial score (nSPS) is 19.3. The number of phenols is 2. The van der Waals surface area contributed by atoms with E-state index in [0.717, 1.165) is 6.08 Å². The lowest BCUT2D eigenvalue weighted by Gasteiger charge is -2.29. The number of hydrogen-bond acceptors (Lipinski definition) is 9. The van der Waals surface area contributed by atoms with Crippen molar-refractivity contribution in [2.45, 2.75) is 39.7 Å². The van der Waals surface area contributed by atoms with E-state index in [0.29, 0.717) is 11.0 Å². The first-order valence-electron chi connectivity index (χ1n) is 12.1. The van der Waals surface area contributed by atoms with Gasteiger partial charge in [0.15, 0.2) is 17.3 Å². The maximum Gasteiger partial charge on any atom is 0.316 e. The summed E-state index contributed by atoms with van der Waals surface area (Å²) in [5, 5.41) is 24.4. The lowest BCUT2D eigenvalue weighted by Crippen LogP contribution is -2.42. The molecule has 11 heteroatoms. The number of carbonyl (C=O) groups is 3. The van der Waals surface area contributed by atoms with Crippen molar-refractivity contribution >= 4 is 28.4 Å². The molecule has 11 nitrogen and oxygen atoms in total. The minimum Gasteiger partial charge on any atom is -0.507 e. The van der Waals surface area contributed by atoms with Crippen LogP contribution < -0.4 is 21.2 Å². The molecule has 0 spiro atoms. The van der Waals surface area contributed by atoms with Crippen LogP contribution in [0.1, 0.15) is 42.3 Å². The number of benzene rings is 2. The van der Waals surface area contributed by atoms with Crippen molar-refractivity contribution in [2.24, 2.45) is 0 Å². The predicted molar refractivity (Wildman–Crippen MR) is 140 cm³/mol. The first-order valence-corrected chi connectivity index (χ1v) is 12.1. The molecule has 4 N–H and O–H groups in total. The standard InChI is InChI=1S/C28H25N3O8/c1-12-22(34)20(14(3)32)24-21(23(12)35)28(4)18(39-24)11-17(33)19(25(28)36)13(2)29-9-10-31-16-8-6-5-7-15(16)30-26(37)27(31)38/h5-8,11,29,34-35H,9-10H2,1-4H3,(H,30,37)/b19-13+/t28-/m1/s1. The molecule has 0 unspecified atom stereocenters. The minimum atomic E-state index is -1.63. The van der Waals surface area contributed by atoms with E-state index < -0.39 is 45.4 Å². The Morgan fingerprint density at radius 2 is 1.79 bits per heavy atom. The van der Waals surface area contributed by atoms with Gasteiger partial charge in [-0.25, -0.2) is 0 Å². The van der Waals surface area contributed by atoms with Gasteiger partial charge < -0.3 is 29.8 Å². The van der Waals surface area contributed by atoms with Crippen LogP contribution in [0.4, 0.5) is 0 Å². The molecule has 0 bridgehead atoms. The van der Waals surface area contributed by atoms with E-state index in [4.69, 9.17) is 4.74 Å². The number of H-pyrrole nitrogens is 1. The lowest BCUT2D eigenvalue weighted by molar-refractivity contribution is -0.123. The highest BCUT2D eigenvalue weighted by molar-refractivity contribution is 6.31. The number of nitrogens with zero attached hydrogens (tertiary/aromatic N) is 1. The Balaban J connectivity index is 1.53. The molecule has 1 aromatic heterocycles. The van der Waals surface area contributed by atoms with Crippen LogP contribution in [-0.4, -0.2) is 43.7 Å². The van der Waals surface area contributed by atoms with E-state index in [1.54, 1.807) is 24.3 Å². The Bertz CT molecular complexity index is 1820.